The number of nitrogens with zero attached hydrogens (tertiary/aromatic N) is 3. The molecule has 1 spiro atoms. The van der Waals surface area contributed by atoms with Crippen LogP contribution >= 0.6 is 27.7 Å². The molecule has 6 atom stereocenters. The molecule has 0 aromatic heterocycles. The van der Waals surface area contributed by atoms with Crippen LogP contribution in [0.3, 0.4) is 0 Å². The van der Waals surface area contributed by atoms with Gasteiger partial charge in [0.15, 0.2) is 0 Å². The zero-order valence-corrected chi connectivity index (χ0v) is 23.7. The number of aliphatic hydroxyl groups excluding tert-OH is 1. The molecule has 9 nitrogen and oxygen atoms in total. The van der Waals surface area contributed by atoms with Crippen LogP contribution in [0.2, 0.25) is 0 Å². The predicted molar refractivity (Wildman–Crippen MR) is 145 cm³/mol. The fraction of sp³-hybridized carbons (Fsp3) is 0.731. The molecule has 11 heteroatoms. The summed E-state index contributed by atoms with van der Waals surface area (Å²) in [4.78, 5) is 47.1. The highest BCUT2D eigenvalue weighted by molar-refractivity contribution is 9.09. The van der Waals surface area contributed by atoms with Gasteiger partial charge in [-0.15, -0.1) is 24.9 Å². The molecule has 4 aliphatic rings. The highest BCUT2D eigenvalue weighted by Crippen LogP contribution is 2.68. The number of fused-ring (bicyclic) bond motifs is 1. The summed E-state index contributed by atoms with van der Waals surface area (Å²) in [6, 6.07) is -0.706. The van der Waals surface area contributed by atoms with E-state index in [9.17, 15) is 19.5 Å². The van der Waals surface area contributed by atoms with Gasteiger partial charge in [0, 0.05) is 56.0 Å². The van der Waals surface area contributed by atoms with E-state index in [1.807, 2.05) is 0 Å². The van der Waals surface area contributed by atoms with Gasteiger partial charge in [-0.2, -0.15) is 0 Å². The van der Waals surface area contributed by atoms with Gasteiger partial charge in [0.25, 0.3) is 0 Å². The molecule has 0 aromatic rings. The van der Waals surface area contributed by atoms with E-state index in [0.717, 1.165) is 13.1 Å². The molecule has 206 valence electrons. The smallest absolute Gasteiger partial charge is 0.310 e. The number of rotatable bonds is 13. The molecule has 0 saturated carbocycles. The Morgan fingerprint density at radius 3 is 2.70 bits per heavy atom. The van der Waals surface area contributed by atoms with Crippen LogP contribution in [-0.4, -0.2) is 124 Å². The molecule has 3 unspecified atom stereocenters. The van der Waals surface area contributed by atoms with Gasteiger partial charge < -0.3 is 24.4 Å². The summed E-state index contributed by atoms with van der Waals surface area (Å²) >= 11 is 5.36. The Bertz CT molecular complexity index is 886. The summed E-state index contributed by atoms with van der Waals surface area (Å²) in [5, 5.41) is 9.40. The number of aliphatic hydroxyl groups is 1. The van der Waals surface area contributed by atoms with Gasteiger partial charge in [0.2, 0.25) is 11.8 Å². The van der Waals surface area contributed by atoms with Crippen LogP contribution < -0.4 is 0 Å². The van der Waals surface area contributed by atoms with Crippen LogP contribution in [0, 0.1) is 11.8 Å². The summed E-state index contributed by atoms with van der Waals surface area (Å²) in [7, 11) is 0. The van der Waals surface area contributed by atoms with Crippen LogP contribution in [-0.2, 0) is 23.9 Å². The van der Waals surface area contributed by atoms with Gasteiger partial charge in [0.1, 0.15) is 6.04 Å². The number of ether oxygens (including phenoxy) is 2. The Hall–Kier alpha value is -1.40. The number of likely N-dealkylation sites (tertiary alicyclic amines) is 1. The average Bonchev–Trinajstić information content (AvgIpc) is 3.49. The maximum Gasteiger partial charge on any atom is 0.310 e. The predicted octanol–water partition coefficient (Wildman–Crippen LogP) is 1.30. The minimum Gasteiger partial charge on any atom is -0.465 e. The number of thioether (sulfide) groups is 1. The average molecular weight is 601 g/mol. The molecule has 4 rings (SSSR count). The first kappa shape index (κ1) is 28.6. The topological polar surface area (TPSA) is 99.6 Å². The molecule has 37 heavy (non-hydrogen) atoms. The fourth-order valence-corrected chi connectivity index (χ4v) is 9.80. The van der Waals surface area contributed by atoms with Crippen molar-refractivity contribution < 1.29 is 29.0 Å². The standard InChI is InChI=1S/C26H38BrN3O6S/c1-3-5-14-36-25(34)19-20-23(32)30(8-6-13-31)22(26(20)17-18(27)21(19)37-26)24(33)29(7-4-2)10-9-28-11-15-35-16-12-28/h3-4,18-22,31H,1-2,5-17H2/t18?,19-,20-,21-,22?,26?/m0/s1. The lowest BCUT2D eigenvalue weighted by atomic mass is 9.71. The number of amides is 2. The largest absolute Gasteiger partial charge is 0.465 e. The van der Waals surface area contributed by atoms with Crippen LogP contribution in [0.5, 0.6) is 0 Å². The van der Waals surface area contributed by atoms with E-state index in [-0.39, 0.29) is 47.6 Å². The van der Waals surface area contributed by atoms with Gasteiger partial charge in [-0.05, 0) is 19.3 Å². The number of carbonyl (C=O) groups excluding carboxylic acids is 3. The van der Waals surface area contributed by atoms with E-state index in [1.165, 1.54) is 0 Å². The van der Waals surface area contributed by atoms with E-state index >= 15 is 0 Å². The number of morpholine rings is 1. The molecule has 1 N–H and O–H groups in total. The molecule has 0 radical (unpaired) electrons. The Balaban J connectivity index is 1.61. The first-order valence-electron chi connectivity index (χ1n) is 13.1. The third kappa shape index (κ3) is 5.52. The second-order valence-corrected chi connectivity index (χ2v) is 12.8. The summed E-state index contributed by atoms with van der Waals surface area (Å²) in [6.07, 6.45) is 4.93. The molecular weight excluding hydrogens is 562 g/mol. The minimum atomic E-state index is -0.719. The van der Waals surface area contributed by atoms with Gasteiger partial charge in [-0.25, -0.2) is 0 Å². The summed E-state index contributed by atoms with van der Waals surface area (Å²) in [5.74, 6) is -1.91. The Morgan fingerprint density at radius 1 is 1.27 bits per heavy atom. The molecule has 2 amide bonds. The molecule has 0 aromatic carbocycles. The highest BCUT2D eigenvalue weighted by Gasteiger charge is 2.76. The normalized spacial score (nSPS) is 32.9. The first-order chi connectivity index (χ1) is 17.9. The summed E-state index contributed by atoms with van der Waals surface area (Å²) in [6.45, 7) is 12.6. The molecule has 4 saturated heterocycles. The number of halogens is 1. The van der Waals surface area contributed by atoms with E-state index in [1.54, 1.807) is 33.7 Å². The second kappa shape index (κ2) is 12.6. The number of carbonyl (C=O) groups is 3. The molecular formula is C26H38BrN3O6S. The summed E-state index contributed by atoms with van der Waals surface area (Å²) in [5.41, 5.74) is 0. The van der Waals surface area contributed by atoms with Crippen molar-refractivity contribution in [2.45, 2.75) is 40.1 Å². The number of hydrogen-bond acceptors (Lipinski definition) is 8. The molecule has 4 heterocycles. The fourth-order valence-electron chi connectivity index (χ4n) is 6.21. The van der Waals surface area contributed by atoms with Gasteiger partial charge >= 0.3 is 5.97 Å². The van der Waals surface area contributed by atoms with Gasteiger partial charge in [-0.3, -0.25) is 19.3 Å². The quantitative estimate of drug-likeness (QED) is 0.146. The third-order valence-electron chi connectivity index (χ3n) is 7.87. The van der Waals surface area contributed by atoms with Crippen molar-refractivity contribution in [1.29, 1.82) is 0 Å². The Kier molecular flexibility index (Phi) is 9.77. The van der Waals surface area contributed by atoms with Crippen molar-refractivity contribution in [3.63, 3.8) is 0 Å². The van der Waals surface area contributed by atoms with Crippen molar-refractivity contribution in [1.82, 2.24) is 14.7 Å². The van der Waals surface area contributed by atoms with Crippen molar-refractivity contribution in [3.05, 3.63) is 25.3 Å². The van der Waals surface area contributed by atoms with E-state index in [0.29, 0.717) is 52.1 Å². The lowest BCUT2D eigenvalue weighted by Gasteiger charge is -2.38. The first-order valence-corrected chi connectivity index (χ1v) is 14.9. The maximum absolute atomic E-state index is 14.3. The van der Waals surface area contributed by atoms with Crippen molar-refractivity contribution in [2.75, 3.05) is 65.7 Å². The van der Waals surface area contributed by atoms with Crippen LogP contribution in [0.15, 0.2) is 25.3 Å². The third-order valence-corrected chi connectivity index (χ3v) is 11.1. The SMILES string of the molecule is C=CCCOC(=O)[C@H]1[C@H]2C(=O)N(CCCO)C(C(=O)N(CC=C)CCN3CCOCC3)C23CC(Br)[C@@H]1S3. The number of esters is 1. The zero-order valence-electron chi connectivity index (χ0n) is 21.3. The lowest BCUT2D eigenvalue weighted by Crippen LogP contribution is -2.56. The van der Waals surface area contributed by atoms with Crippen molar-refractivity contribution in [3.8, 4) is 0 Å². The van der Waals surface area contributed by atoms with Crippen molar-refractivity contribution >= 4 is 45.5 Å². The van der Waals surface area contributed by atoms with Crippen LogP contribution in [0.4, 0.5) is 0 Å². The van der Waals surface area contributed by atoms with Crippen LogP contribution in [0.25, 0.3) is 0 Å². The maximum atomic E-state index is 14.3. The van der Waals surface area contributed by atoms with E-state index in [2.05, 4.69) is 34.0 Å². The monoisotopic (exact) mass is 599 g/mol. The van der Waals surface area contributed by atoms with Crippen LogP contribution in [0.1, 0.15) is 19.3 Å². The Morgan fingerprint density at radius 2 is 2.03 bits per heavy atom. The molecule has 2 bridgehead atoms. The Labute approximate surface area is 231 Å². The number of hydrogen-bond donors (Lipinski definition) is 1. The molecule has 4 fully saturated rings. The van der Waals surface area contributed by atoms with Gasteiger partial charge in [-0.1, -0.05) is 28.1 Å². The molecule has 4 aliphatic heterocycles. The lowest BCUT2D eigenvalue weighted by molar-refractivity contribution is -0.154. The molecule has 0 aliphatic carbocycles. The second-order valence-electron chi connectivity index (χ2n) is 10.0. The van der Waals surface area contributed by atoms with E-state index in [4.69, 9.17) is 9.47 Å². The summed E-state index contributed by atoms with van der Waals surface area (Å²) < 4.78 is 10.3. The highest BCUT2D eigenvalue weighted by atomic mass is 79.9. The van der Waals surface area contributed by atoms with Gasteiger partial charge in [0.05, 0.1) is 36.4 Å². The van der Waals surface area contributed by atoms with E-state index < -0.39 is 22.6 Å². The van der Waals surface area contributed by atoms with Crippen molar-refractivity contribution in [2.24, 2.45) is 11.8 Å². The minimum absolute atomic E-state index is 0.00667. The number of alkyl halides is 1. The zero-order chi connectivity index (χ0) is 26.6.